The van der Waals surface area contributed by atoms with Gasteiger partial charge in [-0.1, -0.05) is 36.4 Å². The fourth-order valence-electron chi connectivity index (χ4n) is 4.34. The van der Waals surface area contributed by atoms with E-state index in [1.54, 1.807) is 19.1 Å². The minimum atomic E-state index is -2.33. The predicted octanol–water partition coefficient (Wildman–Crippen LogP) is 8.08. The van der Waals surface area contributed by atoms with Crippen LogP contribution in [0.3, 0.4) is 0 Å². The van der Waals surface area contributed by atoms with Crippen LogP contribution in [0.4, 0.5) is 27.6 Å². The Balaban J connectivity index is 1.45. The van der Waals surface area contributed by atoms with E-state index < -0.39 is 40.7 Å². The van der Waals surface area contributed by atoms with Crippen molar-refractivity contribution >= 4 is 50.1 Å². The monoisotopic (exact) mass is 630 g/mol. The average molecular weight is 631 g/mol. The molecule has 0 bridgehead atoms. The first-order valence-corrected chi connectivity index (χ1v) is 13.1. The third kappa shape index (κ3) is 5.29. The highest BCUT2D eigenvalue weighted by Gasteiger charge is 2.37. The summed E-state index contributed by atoms with van der Waals surface area (Å²) in [7, 11) is 0. The molecule has 0 N–H and O–H groups in total. The number of hydrogen-bond donors (Lipinski definition) is 0. The molecule has 1 aliphatic heterocycles. The fraction of sp³-hybridized carbons (Fsp3) is 0.133. The molecule has 0 atom stereocenters. The van der Waals surface area contributed by atoms with Crippen LogP contribution in [0.5, 0.6) is 11.5 Å². The molecule has 4 aromatic rings. The Kier molecular flexibility index (Phi) is 7.81. The lowest BCUT2D eigenvalue weighted by Crippen LogP contribution is -2.25. The summed E-state index contributed by atoms with van der Waals surface area (Å²) in [6.45, 7) is 3.69. The summed E-state index contributed by atoms with van der Waals surface area (Å²) in [5.74, 6) is -11.3. The highest BCUT2D eigenvalue weighted by atomic mass is 79.9. The number of nitrogens with zero attached hydrogens (tertiary/aromatic N) is 2. The standard InChI is InChI=1S/C30H20BrF5N2O3/c1-3-40-22-13-17(12-21(31)29(22)41-14-16-8-9-18-6-4-5-7-19(18)10-16)11-20-15(2)37-38(30(20)39)28-26(35)24(33)23(32)25(34)27(28)36/h4-13H,3,14H2,1-2H3/b20-11+. The lowest BCUT2D eigenvalue weighted by molar-refractivity contribution is -0.114. The van der Waals surface area contributed by atoms with Gasteiger partial charge in [-0.05, 0) is 76.0 Å². The largest absolute Gasteiger partial charge is 0.490 e. The molecule has 0 saturated carbocycles. The van der Waals surface area contributed by atoms with Gasteiger partial charge in [-0.3, -0.25) is 4.79 Å². The van der Waals surface area contributed by atoms with Gasteiger partial charge in [-0.2, -0.15) is 10.1 Å². The maximum atomic E-state index is 14.4. The minimum Gasteiger partial charge on any atom is -0.490 e. The van der Waals surface area contributed by atoms with E-state index in [0.717, 1.165) is 16.3 Å². The van der Waals surface area contributed by atoms with E-state index in [4.69, 9.17) is 9.47 Å². The highest BCUT2D eigenvalue weighted by Crippen LogP contribution is 2.39. The minimum absolute atomic E-state index is 0.00431. The number of halogens is 6. The van der Waals surface area contributed by atoms with E-state index in [1.165, 1.54) is 13.0 Å². The summed E-state index contributed by atoms with van der Waals surface area (Å²) in [6, 6.07) is 17.1. The Bertz CT molecular complexity index is 1740. The number of amides is 1. The molecule has 1 heterocycles. The molecule has 0 unspecified atom stereocenters. The van der Waals surface area contributed by atoms with Crippen molar-refractivity contribution < 1.29 is 36.2 Å². The summed E-state index contributed by atoms with van der Waals surface area (Å²) >= 11 is 3.47. The maximum Gasteiger partial charge on any atom is 0.280 e. The van der Waals surface area contributed by atoms with Gasteiger partial charge in [-0.25, -0.2) is 22.0 Å². The number of carbonyl (C=O) groups excluding carboxylic acids is 1. The van der Waals surface area contributed by atoms with Crippen LogP contribution in [0, 0.1) is 29.1 Å². The van der Waals surface area contributed by atoms with Crippen molar-refractivity contribution in [1.29, 1.82) is 0 Å². The lowest BCUT2D eigenvalue weighted by Gasteiger charge is -2.16. The Hall–Kier alpha value is -4.25. The Labute approximate surface area is 239 Å². The number of ether oxygens (including phenoxy) is 2. The van der Waals surface area contributed by atoms with Crippen LogP contribution in [0.15, 0.2) is 69.7 Å². The van der Waals surface area contributed by atoms with E-state index in [9.17, 15) is 26.7 Å². The summed E-state index contributed by atoms with van der Waals surface area (Å²) in [5.41, 5.74) is -0.211. The number of benzene rings is 4. The molecule has 0 spiro atoms. The molecule has 1 aliphatic rings. The average Bonchev–Trinajstić information content (AvgIpc) is 3.22. The zero-order valence-corrected chi connectivity index (χ0v) is 23.2. The van der Waals surface area contributed by atoms with Crippen molar-refractivity contribution in [3.8, 4) is 11.5 Å². The van der Waals surface area contributed by atoms with Crippen LogP contribution in [0.2, 0.25) is 0 Å². The Morgan fingerprint density at radius 2 is 1.54 bits per heavy atom. The highest BCUT2D eigenvalue weighted by molar-refractivity contribution is 9.10. The summed E-state index contributed by atoms with van der Waals surface area (Å²) in [6.07, 6.45) is 1.37. The molecule has 0 fully saturated rings. The number of anilines is 1. The predicted molar refractivity (Wildman–Crippen MR) is 148 cm³/mol. The molecule has 4 aromatic carbocycles. The van der Waals surface area contributed by atoms with E-state index in [-0.39, 0.29) is 22.9 Å². The number of fused-ring (bicyclic) bond motifs is 1. The van der Waals surface area contributed by atoms with Crippen molar-refractivity contribution in [3.05, 3.63) is 105 Å². The van der Waals surface area contributed by atoms with Gasteiger partial charge in [-0.15, -0.1) is 0 Å². The van der Waals surface area contributed by atoms with Crippen LogP contribution < -0.4 is 14.5 Å². The van der Waals surface area contributed by atoms with Crippen LogP contribution in [0.25, 0.3) is 16.8 Å². The van der Waals surface area contributed by atoms with Crippen LogP contribution in [-0.4, -0.2) is 18.2 Å². The zero-order valence-electron chi connectivity index (χ0n) is 21.6. The van der Waals surface area contributed by atoms with Gasteiger partial charge < -0.3 is 9.47 Å². The van der Waals surface area contributed by atoms with Crippen LogP contribution in [-0.2, 0) is 11.4 Å². The zero-order chi connectivity index (χ0) is 29.4. The fourth-order valence-corrected chi connectivity index (χ4v) is 4.91. The first-order valence-electron chi connectivity index (χ1n) is 12.3. The maximum absolute atomic E-state index is 14.4. The second-order valence-corrected chi connectivity index (χ2v) is 9.87. The van der Waals surface area contributed by atoms with Crippen molar-refractivity contribution in [3.63, 3.8) is 0 Å². The number of carbonyl (C=O) groups is 1. The summed E-state index contributed by atoms with van der Waals surface area (Å²) < 4.78 is 82.1. The first kappa shape index (κ1) is 28.3. The molecule has 1 amide bonds. The van der Waals surface area contributed by atoms with Gasteiger partial charge in [0.25, 0.3) is 5.91 Å². The quantitative estimate of drug-likeness (QED) is 0.0898. The molecule has 0 saturated heterocycles. The Morgan fingerprint density at radius 3 is 2.22 bits per heavy atom. The summed E-state index contributed by atoms with van der Waals surface area (Å²) in [5, 5.41) is 6.09. The number of rotatable bonds is 7. The van der Waals surface area contributed by atoms with Crippen molar-refractivity contribution in [2.75, 3.05) is 11.6 Å². The van der Waals surface area contributed by atoms with Crippen molar-refractivity contribution in [1.82, 2.24) is 0 Å². The van der Waals surface area contributed by atoms with Gasteiger partial charge in [0.15, 0.2) is 34.8 Å². The third-order valence-electron chi connectivity index (χ3n) is 6.30. The number of hydrazone groups is 1. The second-order valence-electron chi connectivity index (χ2n) is 9.01. The van der Waals surface area contributed by atoms with E-state index in [2.05, 4.69) is 21.0 Å². The van der Waals surface area contributed by atoms with Crippen LogP contribution in [0.1, 0.15) is 25.0 Å². The molecule has 0 aromatic heterocycles. The van der Waals surface area contributed by atoms with Gasteiger partial charge in [0, 0.05) is 0 Å². The smallest absolute Gasteiger partial charge is 0.280 e. The van der Waals surface area contributed by atoms with Crippen LogP contribution >= 0.6 is 15.9 Å². The van der Waals surface area contributed by atoms with Gasteiger partial charge in [0.1, 0.15) is 12.3 Å². The molecule has 0 radical (unpaired) electrons. The van der Waals surface area contributed by atoms with E-state index >= 15 is 0 Å². The first-order chi connectivity index (χ1) is 19.6. The molecule has 5 nitrogen and oxygen atoms in total. The van der Waals surface area contributed by atoms with Gasteiger partial charge in [0.2, 0.25) is 5.82 Å². The van der Waals surface area contributed by atoms with Gasteiger partial charge >= 0.3 is 0 Å². The van der Waals surface area contributed by atoms with Crippen molar-refractivity contribution in [2.24, 2.45) is 5.10 Å². The molecule has 41 heavy (non-hydrogen) atoms. The lowest BCUT2D eigenvalue weighted by atomic mass is 10.1. The number of hydrogen-bond acceptors (Lipinski definition) is 4. The van der Waals surface area contributed by atoms with Gasteiger partial charge in [0.05, 0.1) is 22.4 Å². The molecule has 210 valence electrons. The molecular formula is C30H20BrF5N2O3. The van der Waals surface area contributed by atoms with E-state index in [1.807, 2.05) is 42.5 Å². The molecular weight excluding hydrogens is 611 g/mol. The van der Waals surface area contributed by atoms with E-state index in [0.29, 0.717) is 28.1 Å². The summed E-state index contributed by atoms with van der Waals surface area (Å²) in [4.78, 5) is 13.1. The topological polar surface area (TPSA) is 51.1 Å². The molecule has 11 heteroatoms. The normalized spacial score (nSPS) is 14.2. The third-order valence-corrected chi connectivity index (χ3v) is 6.89. The SMILES string of the molecule is CCOc1cc(/C=C2/C(=O)N(c3c(F)c(F)c(F)c(F)c3F)N=C2C)cc(Br)c1OCc1ccc2ccccc2c1. The van der Waals surface area contributed by atoms with Crippen molar-refractivity contribution in [2.45, 2.75) is 20.5 Å². The molecule has 0 aliphatic carbocycles. The second kappa shape index (κ2) is 11.3. The molecule has 5 rings (SSSR count). The Morgan fingerprint density at radius 1 is 0.878 bits per heavy atom.